The zero-order valence-electron chi connectivity index (χ0n) is 19.2. The lowest BCUT2D eigenvalue weighted by molar-refractivity contribution is 0.187. The Labute approximate surface area is 183 Å². The van der Waals surface area contributed by atoms with Gasteiger partial charge in [0.15, 0.2) is 5.96 Å². The molecule has 2 aliphatic rings. The molecular weight excluding hydrogens is 374 g/mol. The molecule has 1 unspecified atom stereocenters. The number of hydrogen-bond donors (Lipinski definition) is 2. The monoisotopic (exact) mass is 415 g/mol. The summed E-state index contributed by atoms with van der Waals surface area (Å²) in [5.41, 5.74) is 1.26. The molecule has 1 aromatic rings. The van der Waals surface area contributed by atoms with Crippen LogP contribution in [0.3, 0.4) is 0 Å². The standard InChI is InChI=1S/C24H41N5O/c1-4-28-17-12-20(13-18-28)11-14-26-24(25-2)27-19-22(29-15-7-8-16-29)21-9-5-6-10-23(21)30-3/h5-6,9-10,20,22H,4,7-8,11-19H2,1-3H3,(H2,25,26,27). The first-order valence-electron chi connectivity index (χ1n) is 11.8. The van der Waals surface area contributed by atoms with Crippen molar-refractivity contribution in [3.63, 3.8) is 0 Å². The first-order chi connectivity index (χ1) is 14.7. The number of benzene rings is 1. The van der Waals surface area contributed by atoms with Gasteiger partial charge in [0.25, 0.3) is 0 Å². The van der Waals surface area contributed by atoms with E-state index in [0.29, 0.717) is 6.04 Å². The van der Waals surface area contributed by atoms with Crippen LogP contribution in [0.4, 0.5) is 0 Å². The molecule has 2 aliphatic heterocycles. The van der Waals surface area contributed by atoms with Crippen molar-refractivity contribution in [2.45, 2.75) is 45.1 Å². The van der Waals surface area contributed by atoms with Crippen molar-refractivity contribution in [2.24, 2.45) is 10.9 Å². The maximum absolute atomic E-state index is 5.66. The highest BCUT2D eigenvalue weighted by atomic mass is 16.5. The minimum absolute atomic E-state index is 0.292. The van der Waals surface area contributed by atoms with Crippen molar-refractivity contribution in [3.8, 4) is 5.75 Å². The highest BCUT2D eigenvalue weighted by molar-refractivity contribution is 5.79. The van der Waals surface area contributed by atoms with Gasteiger partial charge in [-0.3, -0.25) is 9.89 Å². The van der Waals surface area contributed by atoms with Gasteiger partial charge in [0, 0.05) is 25.7 Å². The highest BCUT2D eigenvalue weighted by Gasteiger charge is 2.26. The maximum Gasteiger partial charge on any atom is 0.191 e. The van der Waals surface area contributed by atoms with Gasteiger partial charge in [-0.25, -0.2) is 0 Å². The lowest BCUT2D eigenvalue weighted by Gasteiger charge is -2.31. The molecule has 0 aromatic heterocycles. The SMILES string of the molecule is CCN1CCC(CCNC(=NC)NCC(c2ccccc2OC)N2CCCC2)CC1. The Balaban J connectivity index is 1.51. The third-order valence-electron chi connectivity index (χ3n) is 6.77. The quantitative estimate of drug-likeness (QED) is 0.479. The van der Waals surface area contributed by atoms with E-state index in [1.165, 1.54) is 57.3 Å². The van der Waals surface area contributed by atoms with Crippen LogP contribution in [0.1, 0.15) is 50.6 Å². The molecule has 0 amide bonds. The Bertz CT molecular complexity index is 651. The van der Waals surface area contributed by atoms with E-state index in [-0.39, 0.29) is 0 Å². The zero-order valence-corrected chi connectivity index (χ0v) is 19.2. The van der Waals surface area contributed by atoms with E-state index in [1.54, 1.807) is 7.11 Å². The van der Waals surface area contributed by atoms with Crippen LogP contribution in [-0.2, 0) is 0 Å². The van der Waals surface area contributed by atoms with Crippen LogP contribution in [0, 0.1) is 5.92 Å². The van der Waals surface area contributed by atoms with E-state index in [0.717, 1.165) is 43.8 Å². The number of methoxy groups -OCH3 is 1. The van der Waals surface area contributed by atoms with Crippen molar-refractivity contribution >= 4 is 5.96 Å². The number of ether oxygens (including phenoxy) is 1. The fourth-order valence-electron chi connectivity index (χ4n) is 4.83. The van der Waals surface area contributed by atoms with Gasteiger partial charge in [0.2, 0.25) is 0 Å². The number of nitrogens with one attached hydrogen (secondary N) is 2. The minimum Gasteiger partial charge on any atom is -0.496 e. The topological polar surface area (TPSA) is 52.1 Å². The van der Waals surface area contributed by atoms with Crippen LogP contribution in [0.5, 0.6) is 5.75 Å². The zero-order chi connectivity index (χ0) is 21.2. The fourth-order valence-corrected chi connectivity index (χ4v) is 4.83. The highest BCUT2D eigenvalue weighted by Crippen LogP contribution is 2.31. The number of rotatable bonds is 9. The second-order valence-electron chi connectivity index (χ2n) is 8.55. The predicted molar refractivity (Wildman–Crippen MR) is 125 cm³/mol. The third kappa shape index (κ3) is 6.35. The Morgan fingerprint density at radius 1 is 1.13 bits per heavy atom. The molecule has 2 saturated heterocycles. The van der Waals surface area contributed by atoms with Crippen molar-refractivity contribution in [1.29, 1.82) is 0 Å². The number of likely N-dealkylation sites (tertiary alicyclic amines) is 2. The van der Waals surface area contributed by atoms with Gasteiger partial charge >= 0.3 is 0 Å². The molecule has 0 saturated carbocycles. The van der Waals surface area contributed by atoms with Gasteiger partial charge in [-0.15, -0.1) is 0 Å². The average molecular weight is 416 g/mol. The van der Waals surface area contributed by atoms with Gasteiger partial charge < -0.3 is 20.3 Å². The van der Waals surface area contributed by atoms with Crippen molar-refractivity contribution in [1.82, 2.24) is 20.4 Å². The smallest absolute Gasteiger partial charge is 0.191 e. The Morgan fingerprint density at radius 2 is 1.87 bits per heavy atom. The van der Waals surface area contributed by atoms with E-state index in [1.807, 2.05) is 13.1 Å². The summed E-state index contributed by atoms with van der Waals surface area (Å²) >= 11 is 0. The number of nitrogens with zero attached hydrogens (tertiary/aromatic N) is 3. The van der Waals surface area contributed by atoms with Gasteiger partial charge in [-0.05, 0) is 76.8 Å². The Hall–Kier alpha value is -1.79. The van der Waals surface area contributed by atoms with Gasteiger partial charge in [-0.2, -0.15) is 0 Å². The van der Waals surface area contributed by atoms with Crippen molar-refractivity contribution in [2.75, 3.05) is 60.0 Å². The molecular formula is C24H41N5O. The van der Waals surface area contributed by atoms with Crippen LogP contribution in [0.15, 0.2) is 29.3 Å². The lowest BCUT2D eigenvalue weighted by atomic mass is 9.93. The summed E-state index contributed by atoms with van der Waals surface area (Å²) in [7, 11) is 3.63. The molecule has 6 heteroatoms. The minimum atomic E-state index is 0.292. The lowest BCUT2D eigenvalue weighted by Crippen LogP contribution is -2.43. The second-order valence-corrected chi connectivity index (χ2v) is 8.55. The van der Waals surface area contributed by atoms with E-state index in [4.69, 9.17) is 4.74 Å². The molecule has 0 aliphatic carbocycles. The van der Waals surface area contributed by atoms with E-state index >= 15 is 0 Å². The summed E-state index contributed by atoms with van der Waals surface area (Å²) in [5, 5.41) is 7.13. The van der Waals surface area contributed by atoms with E-state index < -0.39 is 0 Å². The predicted octanol–water partition coefficient (Wildman–Crippen LogP) is 3.12. The maximum atomic E-state index is 5.66. The molecule has 0 spiro atoms. The Morgan fingerprint density at radius 3 is 2.53 bits per heavy atom. The number of piperidine rings is 1. The molecule has 0 radical (unpaired) electrons. The third-order valence-corrected chi connectivity index (χ3v) is 6.77. The van der Waals surface area contributed by atoms with E-state index in [2.05, 4.69) is 50.5 Å². The number of para-hydroxylation sites is 1. The van der Waals surface area contributed by atoms with E-state index in [9.17, 15) is 0 Å². The van der Waals surface area contributed by atoms with Crippen LogP contribution in [0.25, 0.3) is 0 Å². The molecule has 2 fully saturated rings. The first-order valence-corrected chi connectivity index (χ1v) is 11.8. The van der Waals surface area contributed by atoms with Crippen LogP contribution in [0.2, 0.25) is 0 Å². The summed E-state index contributed by atoms with van der Waals surface area (Å²) in [5.74, 6) is 2.71. The van der Waals surface area contributed by atoms with Gasteiger partial charge in [0.1, 0.15) is 5.75 Å². The second kappa shape index (κ2) is 12.2. The molecule has 30 heavy (non-hydrogen) atoms. The van der Waals surface area contributed by atoms with Crippen LogP contribution >= 0.6 is 0 Å². The summed E-state index contributed by atoms with van der Waals surface area (Å²) < 4.78 is 5.66. The number of aliphatic imine (C=N–C) groups is 1. The molecule has 0 bridgehead atoms. The van der Waals surface area contributed by atoms with Crippen LogP contribution in [-0.4, -0.2) is 75.7 Å². The van der Waals surface area contributed by atoms with Gasteiger partial charge in [-0.1, -0.05) is 25.1 Å². The molecule has 6 nitrogen and oxygen atoms in total. The fraction of sp³-hybridized carbons (Fsp3) is 0.708. The van der Waals surface area contributed by atoms with Crippen molar-refractivity contribution in [3.05, 3.63) is 29.8 Å². The van der Waals surface area contributed by atoms with Crippen molar-refractivity contribution < 1.29 is 4.74 Å². The normalized spacial score (nSPS) is 20.3. The van der Waals surface area contributed by atoms with Gasteiger partial charge in [0.05, 0.1) is 13.2 Å². The number of guanidine groups is 1. The van der Waals surface area contributed by atoms with Crippen LogP contribution < -0.4 is 15.4 Å². The number of hydrogen-bond acceptors (Lipinski definition) is 4. The Kier molecular flexibility index (Phi) is 9.27. The average Bonchev–Trinajstić information content (AvgIpc) is 3.33. The largest absolute Gasteiger partial charge is 0.496 e. The molecule has 1 atom stereocenters. The summed E-state index contributed by atoms with van der Waals surface area (Å²) in [6.45, 7) is 10.1. The molecule has 1 aromatic carbocycles. The molecule has 2 N–H and O–H groups in total. The summed E-state index contributed by atoms with van der Waals surface area (Å²) in [6, 6.07) is 8.71. The summed E-state index contributed by atoms with van der Waals surface area (Å²) in [4.78, 5) is 9.59. The first kappa shape index (κ1) is 22.9. The molecule has 168 valence electrons. The molecule has 2 heterocycles. The summed E-state index contributed by atoms with van der Waals surface area (Å²) in [6.07, 6.45) is 6.42. The molecule has 3 rings (SSSR count).